The zero-order valence-electron chi connectivity index (χ0n) is 14.5. The van der Waals surface area contributed by atoms with E-state index in [-0.39, 0.29) is 5.78 Å². The van der Waals surface area contributed by atoms with Gasteiger partial charge in [0.05, 0.1) is 5.52 Å². The summed E-state index contributed by atoms with van der Waals surface area (Å²) >= 11 is 0. The van der Waals surface area contributed by atoms with Crippen LogP contribution in [0.15, 0.2) is 54.7 Å². The summed E-state index contributed by atoms with van der Waals surface area (Å²) in [4.78, 5) is 16.9. The second-order valence-electron chi connectivity index (χ2n) is 6.14. The summed E-state index contributed by atoms with van der Waals surface area (Å²) in [6.45, 7) is 3.94. The lowest BCUT2D eigenvalue weighted by Gasteiger charge is -2.20. The van der Waals surface area contributed by atoms with Crippen LogP contribution in [0.25, 0.3) is 10.9 Å². The number of aliphatic hydroxyl groups excluding tert-OH is 1. The Bertz CT molecular complexity index is 905. The smallest absolute Gasteiger partial charge is 0.164 e. The Morgan fingerprint density at radius 2 is 1.88 bits per heavy atom. The molecule has 1 unspecified atom stereocenters. The van der Waals surface area contributed by atoms with E-state index in [0.717, 1.165) is 28.6 Å². The number of fused-ring (bicyclic) bond motifs is 1. The molecule has 3 aromatic rings. The molecule has 0 fully saturated rings. The summed E-state index contributed by atoms with van der Waals surface area (Å²) in [5.74, 6) is 0.00128. The number of benzene rings is 2. The molecule has 128 valence electrons. The van der Waals surface area contributed by atoms with Gasteiger partial charge in [-0.2, -0.15) is 0 Å². The lowest BCUT2D eigenvalue weighted by Crippen LogP contribution is -2.16. The Morgan fingerprint density at radius 1 is 1.16 bits per heavy atom. The number of pyridine rings is 1. The summed E-state index contributed by atoms with van der Waals surface area (Å²) in [6.07, 6.45) is 1.78. The Balaban J connectivity index is 2.09. The van der Waals surface area contributed by atoms with Crippen molar-refractivity contribution in [3.63, 3.8) is 0 Å². The number of para-hydroxylation sites is 2. The van der Waals surface area contributed by atoms with Crippen LogP contribution in [-0.4, -0.2) is 15.9 Å². The average molecular weight is 334 g/mol. The van der Waals surface area contributed by atoms with E-state index in [2.05, 4.69) is 10.3 Å². The molecule has 0 saturated heterocycles. The molecule has 0 spiro atoms. The van der Waals surface area contributed by atoms with Crippen molar-refractivity contribution in [2.75, 3.05) is 5.32 Å². The molecule has 2 aromatic carbocycles. The van der Waals surface area contributed by atoms with Crippen molar-refractivity contribution in [2.45, 2.75) is 32.9 Å². The van der Waals surface area contributed by atoms with Gasteiger partial charge in [-0.05, 0) is 31.0 Å². The molecule has 1 heterocycles. The molecule has 0 saturated carbocycles. The number of hydrogen-bond acceptors (Lipinski definition) is 4. The quantitative estimate of drug-likeness (QED) is 0.510. The molecule has 4 nitrogen and oxygen atoms in total. The summed E-state index contributed by atoms with van der Waals surface area (Å²) < 4.78 is 0. The highest BCUT2D eigenvalue weighted by Crippen LogP contribution is 2.29. The van der Waals surface area contributed by atoms with Crippen molar-refractivity contribution in [3.8, 4) is 0 Å². The Morgan fingerprint density at radius 3 is 2.64 bits per heavy atom. The first-order valence-corrected chi connectivity index (χ1v) is 8.53. The van der Waals surface area contributed by atoms with Gasteiger partial charge < -0.3 is 10.4 Å². The number of anilines is 1. The van der Waals surface area contributed by atoms with Crippen molar-refractivity contribution in [1.29, 1.82) is 0 Å². The van der Waals surface area contributed by atoms with Gasteiger partial charge in [-0.1, -0.05) is 43.3 Å². The normalized spacial score (nSPS) is 12.1. The van der Waals surface area contributed by atoms with Crippen molar-refractivity contribution in [1.82, 2.24) is 4.98 Å². The maximum atomic E-state index is 12.6. The number of ketones is 1. The minimum absolute atomic E-state index is 0.00128. The number of carbonyl (C=O) groups is 1. The maximum absolute atomic E-state index is 12.6. The molecule has 4 heteroatoms. The van der Waals surface area contributed by atoms with Crippen molar-refractivity contribution >= 4 is 22.4 Å². The number of nitrogens with one attached hydrogen (secondary N) is 1. The van der Waals surface area contributed by atoms with Gasteiger partial charge in [0, 0.05) is 34.8 Å². The SMILES string of the molecule is CCCC(=O)c1cnc2ccccc2c1C(O)Nc1ccccc1C. The largest absolute Gasteiger partial charge is 0.369 e. The minimum Gasteiger partial charge on any atom is -0.369 e. The predicted molar refractivity (Wildman–Crippen MR) is 101 cm³/mol. The molecule has 25 heavy (non-hydrogen) atoms. The third kappa shape index (κ3) is 3.54. The number of carbonyl (C=O) groups excluding carboxylic acids is 1. The number of rotatable bonds is 6. The van der Waals surface area contributed by atoms with Crippen LogP contribution >= 0.6 is 0 Å². The summed E-state index contributed by atoms with van der Waals surface area (Å²) in [5, 5.41) is 14.8. The average Bonchev–Trinajstić information content (AvgIpc) is 2.62. The van der Waals surface area contributed by atoms with E-state index in [1.807, 2.05) is 62.4 Å². The molecular weight excluding hydrogens is 312 g/mol. The van der Waals surface area contributed by atoms with Crippen LogP contribution in [0.5, 0.6) is 0 Å². The molecule has 2 N–H and O–H groups in total. The molecule has 0 radical (unpaired) electrons. The number of aliphatic hydroxyl groups is 1. The third-order valence-corrected chi connectivity index (χ3v) is 4.31. The molecular formula is C21H22N2O2. The Labute approximate surface area is 147 Å². The molecule has 0 aliphatic heterocycles. The van der Waals surface area contributed by atoms with Gasteiger partial charge in [0.25, 0.3) is 0 Å². The third-order valence-electron chi connectivity index (χ3n) is 4.31. The van der Waals surface area contributed by atoms with Gasteiger partial charge in [-0.25, -0.2) is 0 Å². The molecule has 3 rings (SSSR count). The van der Waals surface area contributed by atoms with Gasteiger partial charge in [-0.15, -0.1) is 0 Å². The molecule has 0 aliphatic carbocycles. The van der Waals surface area contributed by atoms with E-state index in [1.54, 1.807) is 6.20 Å². The fraction of sp³-hybridized carbons (Fsp3) is 0.238. The van der Waals surface area contributed by atoms with Gasteiger partial charge in [0.15, 0.2) is 12.0 Å². The highest BCUT2D eigenvalue weighted by atomic mass is 16.3. The van der Waals surface area contributed by atoms with E-state index in [9.17, 15) is 9.90 Å². The van der Waals surface area contributed by atoms with Crippen molar-refractivity contribution in [3.05, 3.63) is 71.4 Å². The highest BCUT2D eigenvalue weighted by molar-refractivity contribution is 6.01. The lowest BCUT2D eigenvalue weighted by molar-refractivity contribution is 0.0976. The molecule has 1 aromatic heterocycles. The number of nitrogens with zero attached hydrogens (tertiary/aromatic N) is 1. The summed E-state index contributed by atoms with van der Waals surface area (Å²) in [6, 6.07) is 15.3. The molecule has 0 amide bonds. The maximum Gasteiger partial charge on any atom is 0.164 e. The van der Waals surface area contributed by atoms with Gasteiger partial charge in [0.1, 0.15) is 0 Å². The van der Waals surface area contributed by atoms with Crippen LogP contribution in [0.1, 0.15) is 47.5 Å². The second-order valence-corrected chi connectivity index (χ2v) is 6.14. The monoisotopic (exact) mass is 334 g/mol. The standard InChI is InChI=1S/C21H22N2O2/c1-3-8-19(24)16-13-22-18-12-7-5-10-15(18)20(16)21(25)23-17-11-6-4-9-14(17)2/h4-7,9-13,21,23,25H,3,8H2,1-2H3. The zero-order chi connectivity index (χ0) is 17.8. The number of aromatic nitrogens is 1. The van der Waals surface area contributed by atoms with Crippen LogP contribution in [-0.2, 0) is 0 Å². The number of hydrogen-bond donors (Lipinski definition) is 2. The van der Waals surface area contributed by atoms with Crippen LogP contribution in [0, 0.1) is 6.92 Å². The number of Topliss-reactive ketones (excluding diaryl/α,β-unsaturated/α-hetero) is 1. The van der Waals surface area contributed by atoms with Crippen LogP contribution in [0.3, 0.4) is 0 Å². The van der Waals surface area contributed by atoms with Gasteiger partial charge >= 0.3 is 0 Å². The molecule has 0 bridgehead atoms. The summed E-state index contributed by atoms with van der Waals surface area (Å²) in [7, 11) is 0. The van der Waals surface area contributed by atoms with E-state index in [1.165, 1.54) is 0 Å². The molecule has 0 aliphatic rings. The lowest BCUT2D eigenvalue weighted by atomic mass is 9.97. The zero-order valence-corrected chi connectivity index (χ0v) is 14.5. The second kappa shape index (κ2) is 7.45. The van der Waals surface area contributed by atoms with E-state index >= 15 is 0 Å². The van der Waals surface area contributed by atoms with Gasteiger partial charge in [0.2, 0.25) is 0 Å². The van der Waals surface area contributed by atoms with E-state index in [4.69, 9.17) is 0 Å². The van der Waals surface area contributed by atoms with Crippen LogP contribution in [0.2, 0.25) is 0 Å². The van der Waals surface area contributed by atoms with E-state index < -0.39 is 6.23 Å². The minimum atomic E-state index is -0.996. The van der Waals surface area contributed by atoms with Crippen LogP contribution in [0.4, 0.5) is 5.69 Å². The first-order valence-electron chi connectivity index (χ1n) is 8.53. The number of aryl methyl sites for hydroxylation is 1. The topological polar surface area (TPSA) is 62.2 Å². The first kappa shape index (κ1) is 17.1. The molecule has 1 atom stereocenters. The first-order chi connectivity index (χ1) is 12.1. The Kier molecular flexibility index (Phi) is 5.10. The fourth-order valence-corrected chi connectivity index (χ4v) is 3.00. The summed E-state index contributed by atoms with van der Waals surface area (Å²) in [5.41, 5.74) is 3.70. The highest BCUT2D eigenvalue weighted by Gasteiger charge is 2.21. The van der Waals surface area contributed by atoms with E-state index in [0.29, 0.717) is 17.5 Å². The van der Waals surface area contributed by atoms with Crippen molar-refractivity contribution < 1.29 is 9.90 Å². The van der Waals surface area contributed by atoms with Gasteiger partial charge in [-0.3, -0.25) is 9.78 Å². The fourth-order valence-electron chi connectivity index (χ4n) is 3.00. The van der Waals surface area contributed by atoms with Crippen molar-refractivity contribution in [2.24, 2.45) is 0 Å². The predicted octanol–water partition coefficient (Wildman–Crippen LogP) is 4.63. The van der Waals surface area contributed by atoms with Crippen LogP contribution < -0.4 is 5.32 Å². The Hall–Kier alpha value is -2.72.